The van der Waals surface area contributed by atoms with E-state index in [2.05, 4.69) is 12.2 Å². The summed E-state index contributed by atoms with van der Waals surface area (Å²) < 4.78 is 5.54. The molecule has 3 N–H and O–H groups in total. The summed E-state index contributed by atoms with van der Waals surface area (Å²) in [6, 6.07) is 8.05. The Morgan fingerprint density at radius 2 is 1.90 bits per heavy atom. The molecule has 0 aliphatic rings. The molecule has 0 aliphatic carbocycles. The number of nitrogens with one attached hydrogen (secondary N) is 1. The minimum absolute atomic E-state index is 0.0158. The molecule has 0 aliphatic heterocycles. The molecule has 21 heavy (non-hydrogen) atoms. The lowest BCUT2D eigenvalue weighted by Gasteiger charge is -2.19. The Morgan fingerprint density at radius 1 is 1.29 bits per heavy atom. The highest BCUT2D eigenvalue weighted by atomic mass is 16.5. The zero-order chi connectivity index (χ0) is 15.7. The second-order valence-corrected chi connectivity index (χ2v) is 4.89. The molecule has 0 heterocycles. The van der Waals surface area contributed by atoms with E-state index in [1.54, 1.807) is 4.90 Å². The smallest absolute Gasteiger partial charge is 0.260 e. The zero-order valence-electron chi connectivity index (χ0n) is 13.3. The SMILES string of the molecule is CCN(CC)C(=O)COc1ccc(C(C)NCCN)cc1. The number of likely N-dealkylation sites (N-methyl/N-ethyl adjacent to an activating group) is 1. The first-order valence-corrected chi connectivity index (χ1v) is 7.56. The van der Waals surface area contributed by atoms with Crippen molar-refractivity contribution < 1.29 is 9.53 Å². The van der Waals surface area contributed by atoms with Crippen molar-refractivity contribution >= 4 is 5.91 Å². The minimum atomic E-state index is 0.0158. The van der Waals surface area contributed by atoms with Crippen molar-refractivity contribution in [2.75, 3.05) is 32.8 Å². The van der Waals surface area contributed by atoms with Gasteiger partial charge in [0.1, 0.15) is 5.75 Å². The fourth-order valence-electron chi connectivity index (χ4n) is 2.08. The maximum Gasteiger partial charge on any atom is 0.260 e. The molecule has 0 saturated carbocycles. The minimum Gasteiger partial charge on any atom is -0.484 e. The topological polar surface area (TPSA) is 67.6 Å². The Morgan fingerprint density at radius 3 is 2.43 bits per heavy atom. The first-order chi connectivity index (χ1) is 10.1. The van der Waals surface area contributed by atoms with E-state index < -0.39 is 0 Å². The highest BCUT2D eigenvalue weighted by Crippen LogP contribution is 2.17. The molecule has 118 valence electrons. The van der Waals surface area contributed by atoms with Gasteiger partial charge >= 0.3 is 0 Å². The lowest BCUT2D eigenvalue weighted by Crippen LogP contribution is -2.34. The number of benzene rings is 1. The van der Waals surface area contributed by atoms with Gasteiger partial charge in [-0.05, 0) is 38.5 Å². The molecule has 0 radical (unpaired) electrons. The third kappa shape index (κ3) is 5.73. The van der Waals surface area contributed by atoms with E-state index in [-0.39, 0.29) is 18.6 Å². The molecule has 1 unspecified atom stereocenters. The van der Waals surface area contributed by atoms with Crippen LogP contribution in [0.25, 0.3) is 0 Å². The van der Waals surface area contributed by atoms with Crippen LogP contribution in [0.2, 0.25) is 0 Å². The van der Waals surface area contributed by atoms with Crippen LogP contribution in [0, 0.1) is 0 Å². The Labute approximate surface area is 127 Å². The van der Waals surface area contributed by atoms with E-state index in [1.165, 1.54) is 5.56 Å². The predicted octanol–water partition coefficient (Wildman–Crippen LogP) is 1.54. The van der Waals surface area contributed by atoms with Gasteiger partial charge in [-0.15, -0.1) is 0 Å². The van der Waals surface area contributed by atoms with Gasteiger partial charge in [0, 0.05) is 32.2 Å². The normalized spacial score (nSPS) is 12.0. The average Bonchev–Trinajstić information content (AvgIpc) is 2.52. The van der Waals surface area contributed by atoms with Gasteiger partial charge in [-0.3, -0.25) is 4.79 Å². The van der Waals surface area contributed by atoms with E-state index in [0.717, 1.165) is 6.54 Å². The van der Waals surface area contributed by atoms with Crippen molar-refractivity contribution in [3.63, 3.8) is 0 Å². The molecule has 1 atom stereocenters. The molecule has 1 amide bonds. The van der Waals surface area contributed by atoms with Gasteiger partial charge in [-0.1, -0.05) is 12.1 Å². The van der Waals surface area contributed by atoms with Gasteiger partial charge in [0.2, 0.25) is 0 Å². The van der Waals surface area contributed by atoms with Gasteiger partial charge in [0.05, 0.1) is 0 Å². The zero-order valence-corrected chi connectivity index (χ0v) is 13.3. The lowest BCUT2D eigenvalue weighted by atomic mass is 10.1. The Balaban J connectivity index is 2.49. The van der Waals surface area contributed by atoms with E-state index >= 15 is 0 Å². The average molecular weight is 293 g/mol. The van der Waals surface area contributed by atoms with Crippen LogP contribution >= 0.6 is 0 Å². The second kappa shape index (κ2) is 9.37. The molecule has 1 aromatic carbocycles. The monoisotopic (exact) mass is 293 g/mol. The number of hydrogen-bond donors (Lipinski definition) is 2. The Kier molecular flexibility index (Phi) is 7.79. The standard InChI is InChI=1S/C16H27N3O2/c1-4-19(5-2)16(20)12-21-15-8-6-14(7-9-15)13(3)18-11-10-17/h6-9,13,18H,4-5,10-12,17H2,1-3H3. The highest BCUT2D eigenvalue weighted by molar-refractivity contribution is 5.77. The number of carbonyl (C=O) groups excluding carboxylic acids is 1. The number of hydrogen-bond acceptors (Lipinski definition) is 4. The van der Waals surface area contributed by atoms with Crippen LogP contribution in [0.1, 0.15) is 32.4 Å². The predicted molar refractivity (Wildman–Crippen MR) is 85.3 cm³/mol. The molecular weight excluding hydrogens is 266 g/mol. The lowest BCUT2D eigenvalue weighted by molar-refractivity contribution is -0.132. The molecule has 5 heteroatoms. The summed E-state index contributed by atoms with van der Waals surface area (Å²) >= 11 is 0. The fourth-order valence-corrected chi connectivity index (χ4v) is 2.08. The molecular formula is C16H27N3O2. The van der Waals surface area contributed by atoms with Crippen molar-refractivity contribution in [3.8, 4) is 5.75 Å². The molecule has 0 aromatic heterocycles. The summed E-state index contributed by atoms with van der Waals surface area (Å²) in [4.78, 5) is 13.6. The molecule has 0 fully saturated rings. The Bertz CT molecular complexity index is 416. The molecule has 0 bridgehead atoms. The number of ether oxygens (including phenoxy) is 1. The van der Waals surface area contributed by atoms with Crippen LogP contribution in [0.4, 0.5) is 0 Å². The summed E-state index contributed by atoms with van der Waals surface area (Å²) in [6.07, 6.45) is 0. The largest absolute Gasteiger partial charge is 0.484 e. The summed E-state index contributed by atoms with van der Waals surface area (Å²) in [5, 5.41) is 3.32. The van der Waals surface area contributed by atoms with E-state index in [9.17, 15) is 4.79 Å². The van der Waals surface area contributed by atoms with Gasteiger partial charge in [0.25, 0.3) is 5.91 Å². The maximum atomic E-state index is 11.9. The van der Waals surface area contributed by atoms with E-state index in [4.69, 9.17) is 10.5 Å². The van der Waals surface area contributed by atoms with Crippen LogP contribution in [0.15, 0.2) is 24.3 Å². The highest BCUT2D eigenvalue weighted by Gasteiger charge is 2.10. The van der Waals surface area contributed by atoms with Gasteiger partial charge in [-0.2, -0.15) is 0 Å². The quantitative estimate of drug-likeness (QED) is 0.725. The number of nitrogens with two attached hydrogens (primary N) is 1. The van der Waals surface area contributed by atoms with Crippen LogP contribution < -0.4 is 15.8 Å². The molecule has 0 saturated heterocycles. The van der Waals surface area contributed by atoms with Crippen molar-refractivity contribution in [2.45, 2.75) is 26.8 Å². The van der Waals surface area contributed by atoms with Crippen molar-refractivity contribution in [3.05, 3.63) is 29.8 Å². The summed E-state index contributed by atoms with van der Waals surface area (Å²) in [5.74, 6) is 0.729. The second-order valence-electron chi connectivity index (χ2n) is 4.89. The first kappa shape index (κ1) is 17.5. The fraction of sp³-hybridized carbons (Fsp3) is 0.562. The van der Waals surface area contributed by atoms with Gasteiger partial charge in [0.15, 0.2) is 6.61 Å². The molecule has 1 aromatic rings. The van der Waals surface area contributed by atoms with Crippen molar-refractivity contribution in [1.82, 2.24) is 10.2 Å². The third-order valence-electron chi connectivity index (χ3n) is 3.45. The number of carbonyl (C=O) groups is 1. The van der Waals surface area contributed by atoms with Crippen LogP contribution in [-0.2, 0) is 4.79 Å². The summed E-state index contributed by atoms with van der Waals surface area (Å²) in [5.41, 5.74) is 6.65. The van der Waals surface area contributed by atoms with Crippen molar-refractivity contribution in [1.29, 1.82) is 0 Å². The summed E-state index contributed by atoms with van der Waals surface area (Å²) in [7, 11) is 0. The number of rotatable bonds is 9. The van der Waals surface area contributed by atoms with Crippen molar-refractivity contribution in [2.24, 2.45) is 5.73 Å². The van der Waals surface area contributed by atoms with Gasteiger partial charge in [-0.25, -0.2) is 0 Å². The molecule has 1 rings (SSSR count). The van der Waals surface area contributed by atoms with Gasteiger partial charge < -0.3 is 20.7 Å². The van der Waals surface area contributed by atoms with E-state index in [0.29, 0.717) is 25.4 Å². The third-order valence-corrected chi connectivity index (χ3v) is 3.45. The molecule has 0 spiro atoms. The Hall–Kier alpha value is -1.59. The maximum absolute atomic E-state index is 11.9. The first-order valence-electron chi connectivity index (χ1n) is 7.56. The van der Waals surface area contributed by atoms with Crippen LogP contribution in [0.5, 0.6) is 5.75 Å². The number of nitrogens with zero attached hydrogens (tertiary/aromatic N) is 1. The van der Waals surface area contributed by atoms with E-state index in [1.807, 2.05) is 38.1 Å². The van der Waals surface area contributed by atoms with Crippen LogP contribution in [-0.4, -0.2) is 43.6 Å². The molecule has 5 nitrogen and oxygen atoms in total. The van der Waals surface area contributed by atoms with Crippen LogP contribution in [0.3, 0.4) is 0 Å². The summed E-state index contributed by atoms with van der Waals surface area (Å²) in [6.45, 7) is 8.94. The number of amides is 1.